The van der Waals surface area contributed by atoms with E-state index in [0.717, 1.165) is 63.7 Å². The van der Waals surface area contributed by atoms with Crippen LogP contribution in [-0.4, -0.2) is 37.2 Å². The van der Waals surface area contributed by atoms with E-state index in [1.807, 2.05) is 0 Å². The second kappa shape index (κ2) is 53.4. The lowest BCUT2D eigenvalue weighted by Gasteiger charge is -2.18. The van der Waals surface area contributed by atoms with E-state index in [1.54, 1.807) is 0 Å². The van der Waals surface area contributed by atoms with E-state index in [0.29, 0.717) is 19.3 Å². The fourth-order valence-electron chi connectivity index (χ4n) is 9.07. The molecule has 0 aromatic rings. The molecule has 386 valence electrons. The van der Waals surface area contributed by atoms with Crippen LogP contribution in [0.15, 0.2) is 0 Å². The van der Waals surface area contributed by atoms with E-state index in [2.05, 4.69) is 27.7 Å². The Labute approximate surface area is 406 Å². The molecule has 0 amide bonds. The molecule has 0 spiro atoms. The molecule has 0 aromatic heterocycles. The van der Waals surface area contributed by atoms with Crippen molar-refractivity contribution in [2.24, 2.45) is 5.92 Å². The Morgan fingerprint density at radius 2 is 0.538 bits per heavy atom. The van der Waals surface area contributed by atoms with Gasteiger partial charge in [-0.2, -0.15) is 0 Å². The summed E-state index contributed by atoms with van der Waals surface area (Å²) in [6.07, 6.45) is 58.0. The van der Waals surface area contributed by atoms with E-state index < -0.39 is 6.10 Å². The largest absolute Gasteiger partial charge is 0.462 e. The third kappa shape index (κ3) is 51.6. The molecule has 0 aliphatic carbocycles. The molecular weight excluding hydrogens is 805 g/mol. The molecule has 0 rings (SSSR count). The highest BCUT2D eigenvalue weighted by molar-refractivity contribution is 5.71. The zero-order chi connectivity index (χ0) is 47.4. The molecule has 0 aliphatic rings. The van der Waals surface area contributed by atoms with Crippen molar-refractivity contribution in [2.75, 3.05) is 13.2 Å². The standard InChI is InChI=1S/C59H114O6/c1-5-8-10-12-14-16-18-20-22-23-24-25-26-28-30-35-39-43-47-51-58(61)64-54-56(65-59(62)52-48-44-40-36-32-31-33-37-41-45-49-55(4)7-3)53-63-57(60)50-46-42-38-34-29-27-21-19-17-15-13-11-9-6-2/h55-56H,5-54H2,1-4H3/t55?,56-/m0/s1. The highest BCUT2D eigenvalue weighted by atomic mass is 16.6. The van der Waals surface area contributed by atoms with Crippen molar-refractivity contribution in [3.8, 4) is 0 Å². The van der Waals surface area contributed by atoms with E-state index >= 15 is 0 Å². The summed E-state index contributed by atoms with van der Waals surface area (Å²) in [4.78, 5) is 38.1. The predicted molar refractivity (Wildman–Crippen MR) is 280 cm³/mol. The fraction of sp³-hybridized carbons (Fsp3) is 0.949. The molecule has 0 radical (unpaired) electrons. The van der Waals surface area contributed by atoms with Gasteiger partial charge in [-0.05, 0) is 25.2 Å². The van der Waals surface area contributed by atoms with Crippen molar-refractivity contribution < 1.29 is 28.6 Å². The number of ether oxygens (including phenoxy) is 3. The summed E-state index contributed by atoms with van der Waals surface area (Å²) in [5.74, 6) is 0.0319. The Bertz CT molecular complexity index is 982. The average molecular weight is 920 g/mol. The molecule has 6 heteroatoms. The van der Waals surface area contributed by atoms with Gasteiger partial charge in [-0.3, -0.25) is 14.4 Å². The number of esters is 3. The Morgan fingerprint density at radius 1 is 0.308 bits per heavy atom. The van der Waals surface area contributed by atoms with Crippen molar-refractivity contribution in [1.82, 2.24) is 0 Å². The van der Waals surface area contributed by atoms with Gasteiger partial charge in [0.2, 0.25) is 0 Å². The van der Waals surface area contributed by atoms with Crippen LogP contribution in [0.3, 0.4) is 0 Å². The first-order chi connectivity index (χ1) is 31.9. The molecule has 0 fully saturated rings. The van der Waals surface area contributed by atoms with Crippen LogP contribution in [0.5, 0.6) is 0 Å². The molecule has 65 heavy (non-hydrogen) atoms. The Balaban J connectivity index is 4.27. The Kier molecular flexibility index (Phi) is 52.1. The van der Waals surface area contributed by atoms with E-state index in [4.69, 9.17) is 14.2 Å². The third-order valence-corrected chi connectivity index (χ3v) is 13.9. The lowest BCUT2D eigenvalue weighted by molar-refractivity contribution is -0.167. The van der Waals surface area contributed by atoms with Crippen molar-refractivity contribution in [3.63, 3.8) is 0 Å². The van der Waals surface area contributed by atoms with Crippen LogP contribution < -0.4 is 0 Å². The summed E-state index contributed by atoms with van der Waals surface area (Å²) < 4.78 is 16.9. The van der Waals surface area contributed by atoms with Crippen molar-refractivity contribution in [3.05, 3.63) is 0 Å². The van der Waals surface area contributed by atoms with Crippen LogP contribution in [0.2, 0.25) is 0 Å². The highest BCUT2D eigenvalue weighted by Crippen LogP contribution is 2.18. The maximum absolute atomic E-state index is 12.8. The fourth-order valence-corrected chi connectivity index (χ4v) is 9.07. The van der Waals surface area contributed by atoms with E-state index in [1.165, 1.54) is 231 Å². The summed E-state index contributed by atoms with van der Waals surface area (Å²) in [6.45, 7) is 9.08. The SMILES string of the molecule is CCCCCCCCCCCCCCCCCCCCCC(=O)OC[C@H](COC(=O)CCCCCCCCCCCCCCCC)OC(=O)CCCCCCCCCCCCC(C)CC. The van der Waals surface area contributed by atoms with Gasteiger partial charge in [-0.1, -0.05) is 297 Å². The van der Waals surface area contributed by atoms with E-state index in [-0.39, 0.29) is 31.1 Å². The second-order valence-corrected chi connectivity index (χ2v) is 20.5. The zero-order valence-corrected chi connectivity index (χ0v) is 44.5. The molecule has 0 saturated heterocycles. The van der Waals surface area contributed by atoms with Crippen molar-refractivity contribution in [2.45, 2.75) is 342 Å². The molecule has 2 atom stereocenters. The minimum Gasteiger partial charge on any atom is -0.462 e. The number of rotatable bonds is 54. The van der Waals surface area contributed by atoms with Gasteiger partial charge in [-0.25, -0.2) is 0 Å². The lowest BCUT2D eigenvalue weighted by atomic mass is 9.99. The van der Waals surface area contributed by atoms with Crippen molar-refractivity contribution in [1.29, 1.82) is 0 Å². The molecule has 0 aliphatic heterocycles. The van der Waals surface area contributed by atoms with Crippen LogP contribution in [0.4, 0.5) is 0 Å². The minimum absolute atomic E-state index is 0.0620. The lowest BCUT2D eigenvalue weighted by Crippen LogP contribution is -2.30. The van der Waals surface area contributed by atoms with E-state index in [9.17, 15) is 14.4 Å². The van der Waals surface area contributed by atoms with Gasteiger partial charge in [0, 0.05) is 19.3 Å². The number of hydrogen-bond acceptors (Lipinski definition) is 6. The van der Waals surface area contributed by atoms with Gasteiger partial charge in [0.15, 0.2) is 6.10 Å². The summed E-state index contributed by atoms with van der Waals surface area (Å²) in [5, 5.41) is 0. The molecule has 0 bridgehead atoms. The first-order valence-electron chi connectivity index (χ1n) is 29.4. The molecule has 6 nitrogen and oxygen atoms in total. The predicted octanol–water partition coefficient (Wildman–Crippen LogP) is 19.4. The summed E-state index contributed by atoms with van der Waals surface area (Å²) in [7, 11) is 0. The topological polar surface area (TPSA) is 78.9 Å². The van der Waals surface area contributed by atoms with Gasteiger partial charge in [0.25, 0.3) is 0 Å². The maximum atomic E-state index is 12.8. The van der Waals surface area contributed by atoms with Crippen LogP contribution in [0, 0.1) is 5.92 Å². The quantitative estimate of drug-likeness (QED) is 0.0344. The zero-order valence-electron chi connectivity index (χ0n) is 44.5. The first-order valence-corrected chi connectivity index (χ1v) is 29.4. The van der Waals surface area contributed by atoms with Crippen molar-refractivity contribution >= 4 is 17.9 Å². The third-order valence-electron chi connectivity index (χ3n) is 13.9. The Morgan fingerprint density at radius 3 is 0.800 bits per heavy atom. The number of hydrogen-bond donors (Lipinski definition) is 0. The monoisotopic (exact) mass is 919 g/mol. The number of unbranched alkanes of at least 4 members (excludes halogenated alkanes) is 40. The van der Waals surface area contributed by atoms with Crippen LogP contribution in [0.1, 0.15) is 336 Å². The Hall–Kier alpha value is -1.59. The number of carbonyl (C=O) groups is 3. The second-order valence-electron chi connectivity index (χ2n) is 20.5. The smallest absolute Gasteiger partial charge is 0.306 e. The molecule has 1 unspecified atom stereocenters. The normalized spacial score (nSPS) is 12.4. The summed E-state index contributed by atoms with van der Waals surface area (Å²) >= 11 is 0. The molecule has 0 heterocycles. The minimum atomic E-state index is -0.762. The summed E-state index contributed by atoms with van der Waals surface area (Å²) in [5.41, 5.74) is 0. The van der Waals surface area contributed by atoms with Gasteiger partial charge in [0.1, 0.15) is 13.2 Å². The molecule has 0 saturated carbocycles. The number of carbonyl (C=O) groups excluding carboxylic acids is 3. The maximum Gasteiger partial charge on any atom is 0.306 e. The van der Waals surface area contributed by atoms with Gasteiger partial charge < -0.3 is 14.2 Å². The molecule has 0 N–H and O–H groups in total. The highest BCUT2D eigenvalue weighted by Gasteiger charge is 2.19. The van der Waals surface area contributed by atoms with Crippen LogP contribution in [0.25, 0.3) is 0 Å². The molecular formula is C59H114O6. The van der Waals surface area contributed by atoms with Gasteiger partial charge >= 0.3 is 17.9 Å². The van der Waals surface area contributed by atoms with Gasteiger partial charge in [-0.15, -0.1) is 0 Å². The van der Waals surface area contributed by atoms with Gasteiger partial charge in [0.05, 0.1) is 0 Å². The van der Waals surface area contributed by atoms with Crippen LogP contribution >= 0.6 is 0 Å². The first kappa shape index (κ1) is 63.4. The molecule has 0 aromatic carbocycles. The average Bonchev–Trinajstić information content (AvgIpc) is 3.30. The summed E-state index contributed by atoms with van der Waals surface area (Å²) in [6, 6.07) is 0. The van der Waals surface area contributed by atoms with Crippen LogP contribution in [-0.2, 0) is 28.6 Å².